The Bertz CT molecular complexity index is 1130. The number of hydrogen-bond donors (Lipinski definition) is 0. The van der Waals surface area contributed by atoms with Crippen LogP contribution in [-0.4, -0.2) is 105 Å². The van der Waals surface area contributed by atoms with E-state index in [1.54, 1.807) is 6.92 Å². The molecule has 0 amide bonds. The van der Waals surface area contributed by atoms with E-state index in [-0.39, 0.29) is 113 Å². The normalized spacial score (nSPS) is 11.2. The molecule has 0 heterocycles. The molecule has 0 aromatic rings. The minimum absolute atomic E-state index is 0.0456. The molecule has 0 fully saturated rings. The highest BCUT2D eigenvalue weighted by Crippen LogP contribution is 2.26. The predicted molar refractivity (Wildman–Crippen MR) is 176 cm³/mol. The number of hydrogen-bond acceptors (Lipinski definition) is 16. The Morgan fingerprint density at radius 3 is 0.804 bits per heavy atom. The highest BCUT2D eigenvalue weighted by atomic mass is 16.6. The van der Waals surface area contributed by atoms with Gasteiger partial charge in [-0.25, -0.2) is 0 Å². The van der Waals surface area contributed by atoms with Crippen LogP contribution < -0.4 is 0 Å². The Hall–Kier alpha value is -4.34. The third kappa shape index (κ3) is 25.3. The molecule has 0 saturated carbocycles. The van der Waals surface area contributed by atoms with E-state index in [1.807, 2.05) is 0 Å². The standard InChI is InChI=1S/C35H52O16/c1-24(36)7-12-29(41)47-18-34(6,19-48-30(42)13-8-25(2)37)17-46-20-35(21-49-31(43)14-9-26(3)38,22-50-32(44)15-10-27(4)39)23-51-33(45)16-11-28(5)40/h7-23H2,1-6H3. The number of carbonyl (C=O) groups is 10. The summed E-state index contributed by atoms with van der Waals surface area (Å²) < 4.78 is 32.9. The Morgan fingerprint density at radius 1 is 0.333 bits per heavy atom. The molecule has 0 aromatic heterocycles. The molecule has 0 radical (unpaired) electrons. The minimum atomic E-state index is -1.55. The third-order valence-corrected chi connectivity index (χ3v) is 7.05. The lowest BCUT2D eigenvalue weighted by Gasteiger charge is -2.34. The summed E-state index contributed by atoms with van der Waals surface area (Å²) in [6.45, 7) is 5.13. The van der Waals surface area contributed by atoms with Gasteiger partial charge in [0.15, 0.2) is 0 Å². The van der Waals surface area contributed by atoms with E-state index in [0.717, 1.165) is 0 Å². The zero-order valence-electron chi connectivity index (χ0n) is 30.6. The van der Waals surface area contributed by atoms with Gasteiger partial charge in [0.2, 0.25) is 0 Å². The lowest BCUT2D eigenvalue weighted by Crippen LogP contribution is -2.45. The van der Waals surface area contributed by atoms with Crippen LogP contribution in [0.4, 0.5) is 0 Å². The molecule has 0 saturated heterocycles. The Morgan fingerprint density at radius 2 is 0.569 bits per heavy atom. The lowest BCUT2D eigenvalue weighted by molar-refractivity contribution is -0.171. The molecule has 0 N–H and O–H groups in total. The first-order valence-electron chi connectivity index (χ1n) is 16.6. The van der Waals surface area contributed by atoms with Crippen molar-refractivity contribution in [3.8, 4) is 0 Å². The molecule has 0 aliphatic carbocycles. The topological polar surface area (TPSA) is 226 Å². The second kappa shape index (κ2) is 24.7. The van der Waals surface area contributed by atoms with Gasteiger partial charge in [-0.3, -0.25) is 24.0 Å². The van der Waals surface area contributed by atoms with E-state index in [2.05, 4.69) is 0 Å². The molecule has 0 aliphatic rings. The fraction of sp³-hybridized carbons (Fsp3) is 0.714. The molecule has 0 atom stereocenters. The number of rotatable bonds is 29. The van der Waals surface area contributed by atoms with Crippen LogP contribution >= 0.6 is 0 Å². The maximum atomic E-state index is 12.5. The second-order valence-electron chi connectivity index (χ2n) is 13.1. The highest BCUT2D eigenvalue weighted by Gasteiger charge is 2.38. The average Bonchev–Trinajstić information content (AvgIpc) is 3.05. The van der Waals surface area contributed by atoms with Gasteiger partial charge in [0.25, 0.3) is 0 Å². The van der Waals surface area contributed by atoms with Crippen molar-refractivity contribution in [2.75, 3.05) is 46.2 Å². The van der Waals surface area contributed by atoms with Gasteiger partial charge < -0.3 is 52.4 Å². The van der Waals surface area contributed by atoms with E-state index in [4.69, 9.17) is 28.4 Å². The lowest BCUT2D eigenvalue weighted by atomic mass is 9.91. The van der Waals surface area contributed by atoms with Gasteiger partial charge in [0.05, 0.1) is 56.1 Å². The Labute approximate surface area is 297 Å². The summed E-state index contributed by atoms with van der Waals surface area (Å²) in [4.78, 5) is 119. The first kappa shape index (κ1) is 46.7. The van der Waals surface area contributed by atoms with Crippen molar-refractivity contribution in [3.63, 3.8) is 0 Å². The molecule has 288 valence electrons. The molecular weight excluding hydrogens is 676 g/mol. The summed E-state index contributed by atoms with van der Waals surface area (Å²) in [7, 11) is 0. The minimum Gasteiger partial charge on any atom is -0.465 e. The van der Waals surface area contributed by atoms with Crippen molar-refractivity contribution in [2.24, 2.45) is 10.8 Å². The number of carbonyl (C=O) groups excluding carboxylic acids is 10. The Balaban J connectivity index is 6.25. The SMILES string of the molecule is CC(=O)CCC(=O)OCC(C)(COCC(COC(=O)CCC(C)=O)(COC(=O)CCC(C)=O)COC(=O)CCC(C)=O)COC(=O)CCC(C)=O. The number of Topliss-reactive ketones (excluding diaryl/α,β-unsaturated/α-hetero) is 5. The Kier molecular flexibility index (Phi) is 22.6. The first-order valence-corrected chi connectivity index (χ1v) is 16.6. The third-order valence-electron chi connectivity index (χ3n) is 7.05. The summed E-state index contributed by atoms with van der Waals surface area (Å²) in [6.07, 6.45) is -1.54. The van der Waals surface area contributed by atoms with E-state index in [1.165, 1.54) is 34.6 Å². The van der Waals surface area contributed by atoms with Crippen molar-refractivity contribution in [3.05, 3.63) is 0 Å². The number of ether oxygens (including phenoxy) is 6. The highest BCUT2D eigenvalue weighted by molar-refractivity contribution is 5.83. The zero-order chi connectivity index (χ0) is 39.0. The largest absolute Gasteiger partial charge is 0.465 e. The molecule has 0 bridgehead atoms. The van der Waals surface area contributed by atoms with Crippen LogP contribution in [0.2, 0.25) is 0 Å². The molecule has 0 spiro atoms. The summed E-state index contributed by atoms with van der Waals surface area (Å²) in [5.74, 6) is -4.95. The van der Waals surface area contributed by atoms with Crippen molar-refractivity contribution < 1.29 is 76.4 Å². The van der Waals surface area contributed by atoms with E-state index in [9.17, 15) is 47.9 Å². The molecule has 0 aliphatic heterocycles. The zero-order valence-corrected chi connectivity index (χ0v) is 30.6. The molecule has 51 heavy (non-hydrogen) atoms. The summed E-state index contributed by atoms with van der Waals surface area (Å²) in [5.41, 5.74) is -2.76. The second-order valence-corrected chi connectivity index (χ2v) is 13.1. The van der Waals surface area contributed by atoms with E-state index >= 15 is 0 Å². The summed E-state index contributed by atoms with van der Waals surface area (Å²) in [5, 5.41) is 0. The average molecular weight is 729 g/mol. The van der Waals surface area contributed by atoms with Crippen LogP contribution in [0.1, 0.15) is 106 Å². The fourth-order valence-electron chi connectivity index (χ4n) is 3.85. The first-order chi connectivity index (χ1) is 23.8. The monoisotopic (exact) mass is 728 g/mol. The molecule has 16 heteroatoms. The van der Waals surface area contributed by atoms with Crippen molar-refractivity contribution in [1.29, 1.82) is 0 Å². The van der Waals surface area contributed by atoms with Crippen LogP contribution in [-0.2, 0) is 76.4 Å². The molecule has 0 rings (SSSR count). The van der Waals surface area contributed by atoms with Gasteiger partial charge in [-0.2, -0.15) is 0 Å². The van der Waals surface area contributed by atoms with Gasteiger partial charge in [-0.05, 0) is 34.6 Å². The van der Waals surface area contributed by atoms with Crippen LogP contribution in [0.15, 0.2) is 0 Å². The van der Waals surface area contributed by atoms with Crippen LogP contribution in [0.5, 0.6) is 0 Å². The summed E-state index contributed by atoms with van der Waals surface area (Å²) >= 11 is 0. The summed E-state index contributed by atoms with van der Waals surface area (Å²) in [6, 6.07) is 0. The van der Waals surface area contributed by atoms with Gasteiger partial charge in [0, 0.05) is 32.1 Å². The molecule has 0 aromatic carbocycles. The van der Waals surface area contributed by atoms with Gasteiger partial charge >= 0.3 is 29.8 Å². The van der Waals surface area contributed by atoms with Crippen LogP contribution in [0.3, 0.4) is 0 Å². The molecular formula is C35H52O16. The molecule has 16 nitrogen and oxygen atoms in total. The van der Waals surface area contributed by atoms with Crippen molar-refractivity contribution >= 4 is 58.8 Å². The smallest absolute Gasteiger partial charge is 0.306 e. The van der Waals surface area contributed by atoms with Gasteiger partial charge in [-0.1, -0.05) is 6.92 Å². The maximum absolute atomic E-state index is 12.5. The van der Waals surface area contributed by atoms with Crippen molar-refractivity contribution in [2.45, 2.75) is 106 Å². The van der Waals surface area contributed by atoms with Crippen LogP contribution in [0, 0.1) is 10.8 Å². The number of ketones is 5. The van der Waals surface area contributed by atoms with Crippen LogP contribution in [0.25, 0.3) is 0 Å². The van der Waals surface area contributed by atoms with E-state index in [0.29, 0.717) is 0 Å². The van der Waals surface area contributed by atoms with E-state index < -0.39 is 67.1 Å². The number of esters is 5. The maximum Gasteiger partial charge on any atom is 0.306 e. The predicted octanol–water partition coefficient (Wildman–Crippen LogP) is 2.56. The van der Waals surface area contributed by atoms with Gasteiger partial charge in [0.1, 0.15) is 62.0 Å². The van der Waals surface area contributed by atoms with Gasteiger partial charge in [-0.15, -0.1) is 0 Å². The fourth-order valence-corrected chi connectivity index (χ4v) is 3.85. The quantitative estimate of drug-likeness (QED) is 0.0796. The molecule has 0 unspecified atom stereocenters. The van der Waals surface area contributed by atoms with Crippen molar-refractivity contribution in [1.82, 2.24) is 0 Å².